The molecule has 1 saturated heterocycles. The number of carbonyl (C=O) groups is 1. The number of nitrogens with zero attached hydrogens (tertiary/aromatic N) is 4. The van der Waals surface area contributed by atoms with Gasteiger partial charge in [-0.3, -0.25) is 9.79 Å². The Balaban J connectivity index is 1.49. The molecule has 0 radical (unpaired) electrons. The summed E-state index contributed by atoms with van der Waals surface area (Å²) in [6, 6.07) is 3.77. The summed E-state index contributed by atoms with van der Waals surface area (Å²) in [5.74, 6) is -1.78. The molecule has 2 unspecified atom stereocenters. The number of Topliss-reactive ketones (excluding diaryl/α,β-unsaturated/α-hetero) is 1. The molecule has 2 aromatic rings. The van der Waals surface area contributed by atoms with E-state index in [0.29, 0.717) is 17.1 Å². The normalized spacial score (nSPS) is 28.8. The van der Waals surface area contributed by atoms with Crippen molar-refractivity contribution < 1.29 is 22.4 Å². The molecular weight excluding hydrogens is 509 g/mol. The number of halogens is 3. The van der Waals surface area contributed by atoms with E-state index in [4.69, 9.17) is 14.4 Å². The second-order valence-electron chi connectivity index (χ2n) is 11.0. The lowest BCUT2D eigenvalue weighted by atomic mass is 9.77. The number of hydrogen-bond acceptors (Lipinski definition) is 7. The molecule has 2 aromatic heterocycles. The summed E-state index contributed by atoms with van der Waals surface area (Å²) in [6.07, 6.45) is 11.2. The van der Waals surface area contributed by atoms with E-state index in [-0.39, 0.29) is 17.6 Å². The van der Waals surface area contributed by atoms with Crippen molar-refractivity contribution in [2.75, 3.05) is 0 Å². The monoisotopic (exact) mass is 532 g/mol. The zero-order valence-corrected chi connectivity index (χ0v) is 21.0. The van der Waals surface area contributed by atoms with Crippen LogP contribution in [0.15, 0.2) is 74.4 Å². The molecule has 4 aliphatic heterocycles. The molecule has 1 aliphatic carbocycles. The molecule has 2 N–H and O–H groups in total. The molecule has 0 spiro atoms. The number of carbonyl (C=O) groups excluding carboxylic acids is 1. The average Bonchev–Trinajstić information content (AvgIpc) is 3.26. The highest BCUT2D eigenvalue weighted by Crippen LogP contribution is 2.52. The fourth-order valence-electron chi connectivity index (χ4n) is 5.60. The van der Waals surface area contributed by atoms with Crippen molar-refractivity contribution in [2.45, 2.75) is 43.9 Å². The average molecular weight is 533 g/mol. The van der Waals surface area contributed by atoms with Gasteiger partial charge in [-0.05, 0) is 93.3 Å². The van der Waals surface area contributed by atoms with Crippen LogP contribution in [0.3, 0.4) is 0 Å². The number of nitrogens with one attached hydrogen (secondary N) is 2. The Morgan fingerprint density at radius 1 is 1.00 bits per heavy atom. The van der Waals surface area contributed by atoms with E-state index in [9.17, 15) is 18.0 Å². The fraction of sp³-hybridized carbons (Fsp3) is 0.321. The van der Waals surface area contributed by atoms with Gasteiger partial charge in [0.2, 0.25) is 0 Å². The number of hydrogen-bond donors (Lipinski definition) is 2. The van der Waals surface area contributed by atoms with E-state index in [1.165, 1.54) is 0 Å². The third-order valence-corrected chi connectivity index (χ3v) is 7.77. The van der Waals surface area contributed by atoms with Gasteiger partial charge in [-0.1, -0.05) is 0 Å². The first-order chi connectivity index (χ1) is 18.5. The number of allylic oxidation sites excluding steroid dienone is 4. The van der Waals surface area contributed by atoms with Crippen LogP contribution < -0.4 is 16.0 Å². The van der Waals surface area contributed by atoms with Crippen molar-refractivity contribution in [3.63, 3.8) is 0 Å². The third-order valence-electron chi connectivity index (χ3n) is 7.77. The summed E-state index contributed by atoms with van der Waals surface area (Å²) >= 11 is 0. The van der Waals surface area contributed by atoms with E-state index < -0.39 is 28.6 Å². The number of alkyl halides is 3. The van der Waals surface area contributed by atoms with E-state index in [2.05, 4.69) is 20.5 Å². The SMILES string of the molecule is CC1(C)C(=O)C2(C3CC3)C=C3C=CC(=N3)C=c3ccc([nH]3)=CC3=NC(c4nnc(C(F)(F)F)o4)(C=C3)C=C1N2. The molecule has 6 heterocycles. The Labute approximate surface area is 220 Å². The van der Waals surface area contributed by atoms with Gasteiger partial charge in [0.25, 0.3) is 5.89 Å². The highest BCUT2D eigenvalue weighted by Gasteiger charge is 2.61. The molecule has 0 amide bonds. The van der Waals surface area contributed by atoms with Crippen LogP contribution in [0, 0.1) is 11.3 Å². The van der Waals surface area contributed by atoms with Crippen molar-refractivity contribution in [1.82, 2.24) is 20.5 Å². The van der Waals surface area contributed by atoms with E-state index in [1.54, 1.807) is 38.2 Å². The van der Waals surface area contributed by atoms with Crippen molar-refractivity contribution in [3.05, 3.63) is 82.5 Å². The minimum atomic E-state index is -4.81. The Morgan fingerprint density at radius 2 is 1.74 bits per heavy atom. The first-order valence-electron chi connectivity index (χ1n) is 12.6. The quantitative estimate of drug-likeness (QED) is 0.618. The highest BCUT2D eigenvalue weighted by molar-refractivity contribution is 6.20. The van der Waals surface area contributed by atoms with Crippen LogP contribution in [0.1, 0.15) is 38.5 Å². The summed E-state index contributed by atoms with van der Waals surface area (Å²) in [4.78, 5) is 26.9. The van der Waals surface area contributed by atoms with Crippen molar-refractivity contribution in [2.24, 2.45) is 21.3 Å². The van der Waals surface area contributed by atoms with Crippen LogP contribution in [-0.4, -0.2) is 37.9 Å². The molecule has 0 aromatic carbocycles. The molecule has 39 heavy (non-hydrogen) atoms. The molecule has 1 saturated carbocycles. The molecular formula is C28H23F3N6O2. The Kier molecular flexibility index (Phi) is 4.67. The molecule has 2 fully saturated rings. The van der Waals surface area contributed by atoms with Gasteiger partial charge >= 0.3 is 12.1 Å². The third kappa shape index (κ3) is 3.70. The first-order valence-corrected chi connectivity index (χ1v) is 12.6. The first kappa shape index (κ1) is 23.8. The van der Waals surface area contributed by atoms with Crippen LogP contribution in [0.25, 0.3) is 12.2 Å². The molecule has 8 bridgehead atoms. The molecule has 2 atom stereocenters. The summed E-state index contributed by atoms with van der Waals surface area (Å²) in [6.45, 7) is 3.60. The lowest BCUT2D eigenvalue weighted by Crippen LogP contribution is -2.47. The van der Waals surface area contributed by atoms with Gasteiger partial charge < -0.3 is 14.7 Å². The molecule has 8 nitrogen and oxygen atoms in total. The number of fused-ring (bicyclic) bond motifs is 6. The van der Waals surface area contributed by atoms with Crippen molar-refractivity contribution >= 4 is 29.4 Å². The van der Waals surface area contributed by atoms with Gasteiger partial charge in [0.05, 0.1) is 22.5 Å². The van der Waals surface area contributed by atoms with Gasteiger partial charge in [0.1, 0.15) is 5.54 Å². The summed E-state index contributed by atoms with van der Waals surface area (Å²) in [5.41, 5.74) is -1.15. The van der Waals surface area contributed by atoms with Crippen LogP contribution >= 0.6 is 0 Å². The predicted octanol–water partition coefficient (Wildman–Crippen LogP) is 3.02. The van der Waals surface area contributed by atoms with Crippen LogP contribution in [0.2, 0.25) is 0 Å². The standard InChI is InChI=1S/C28H23F3N6O2/c1-25(2)21-14-26(23-36-37-24(39-23)28(29,30)31)10-9-19(34-26)12-18-6-5-16(32-18)11-17-7-8-20(33-17)13-27(35-21,22(25)38)15-3-4-15/h5-15,32,35H,3-4H2,1-2H3. The number of H-pyrrole nitrogens is 1. The van der Waals surface area contributed by atoms with Gasteiger partial charge in [-0.15, -0.1) is 10.2 Å². The minimum absolute atomic E-state index is 0.0374. The van der Waals surface area contributed by atoms with Gasteiger partial charge in [-0.2, -0.15) is 13.2 Å². The highest BCUT2D eigenvalue weighted by atomic mass is 19.4. The Morgan fingerprint density at radius 3 is 2.44 bits per heavy atom. The van der Waals surface area contributed by atoms with Crippen molar-refractivity contribution in [1.29, 1.82) is 0 Å². The number of rotatable bonds is 2. The van der Waals surface area contributed by atoms with E-state index in [1.807, 2.05) is 36.4 Å². The predicted molar refractivity (Wildman–Crippen MR) is 137 cm³/mol. The molecule has 198 valence electrons. The minimum Gasteiger partial charge on any atom is -0.414 e. The fourth-order valence-corrected chi connectivity index (χ4v) is 5.60. The second kappa shape index (κ2) is 7.64. The van der Waals surface area contributed by atoms with Crippen LogP contribution in [-0.2, 0) is 16.5 Å². The summed E-state index contributed by atoms with van der Waals surface area (Å²) < 4.78 is 45.3. The van der Waals surface area contributed by atoms with E-state index >= 15 is 0 Å². The molecule has 7 rings (SSSR count). The van der Waals surface area contributed by atoms with Crippen molar-refractivity contribution in [3.8, 4) is 0 Å². The van der Waals surface area contributed by atoms with Gasteiger partial charge in [0.15, 0.2) is 11.3 Å². The van der Waals surface area contributed by atoms with Crippen LogP contribution in [0.5, 0.6) is 0 Å². The molecule has 5 aliphatic rings. The zero-order chi connectivity index (χ0) is 27.2. The number of ketones is 1. The summed E-state index contributed by atoms with van der Waals surface area (Å²) in [5, 5.41) is 12.0. The van der Waals surface area contributed by atoms with E-state index in [0.717, 1.165) is 29.3 Å². The molecule has 11 heteroatoms. The second-order valence-corrected chi connectivity index (χ2v) is 11.0. The maximum Gasteiger partial charge on any atom is 0.470 e. The van der Waals surface area contributed by atoms with Gasteiger partial charge in [0, 0.05) is 16.4 Å². The number of aromatic amines is 1. The lowest BCUT2D eigenvalue weighted by molar-refractivity contribution is -0.157. The maximum absolute atomic E-state index is 14.1. The summed E-state index contributed by atoms with van der Waals surface area (Å²) in [7, 11) is 0. The zero-order valence-electron chi connectivity index (χ0n) is 21.0. The van der Waals surface area contributed by atoms with Crippen LogP contribution in [0.4, 0.5) is 13.2 Å². The van der Waals surface area contributed by atoms with Gasteiger partial charge in [-0.25, -0.2) is 4.99 Å². The maximum atomic E-state index is 14.1. The largest absolute Gasteiger partial charge is 0.470 e. The number of aromatic nitrogens is 3. The Hall–Kier alpha value is -4.28. The Bertz CT molecular complexity index is 1740. The smallest absolute Gasteiger partial charge is 0.414 e. The number of aliphatic imine (C=N–C) groups is 2. The topological polar surface area (TPSA) is 109 Å². The lowest BCUT2D eigenvalue weighted by Gasteiger charge is -2.26.